The van der Waals surface area contributed by atoms with Crippen LogP contribution in [0, 0.1) is 0 Å². The van der Waals surface area contributed by atoms with Gasteiger partial charge < -0.3 is 14.8 Å². The number of rotatable bonds is 5. The van der Waals surface area contributed by atoms with Crippen LogP contribution in [-0.4, -0.2) is 25.1 Å². The zero-order valence-electron chi connectivity index (χ0n) is 14.0. The number of carbonyl (C=O) groups excluding carboxylic acids is 1. The van der Waals surface area contributed by atoms with Gasteiger partial charge >= 0.3 is 0 Å². The molecule has 0 saturated carbocycles. The van der Waals surface area contributed by atoms with Crippen molar-refractivity contribution in [2.75, 3.05) is 19.5 Å². The third kappa shape index (κ3) is 3.77. The molecule has 0 aliphatic rings. The second kappa shape index (κ2) is 7.49. The van der Waals surface area contributed by atoms with Crippen molar-refractivity contribution in [3.8, 4) is 22.8 Å². The molecule has 0 saturated heterocycles. The molecule has 0 aliphatic heterocycles. The van der Waals surface area contributed by atoms with E-state index >= 15 is 0 Å². The third-order valence-electron chi connectivity index (χ3n) is 3.75. The Morgan fingerprint density at radius 3 is 2.40 bits per heavy atom. The summed E-state index contributed by atoms with van der Waals surface area (Å²) in [5, 5.41) is 2.83. The molecule has 1 aromatic heterocycles. The van der Waals surface area contributed by atoms with Crippen LogP contribution < -0.4 is 14.8 Å². The topological polar surface area (TPSA) is 60.5 Å². The fraction of sp³-hybridized carbons (Fsp3) is 0.100. The summed E-state index contributed by atoms with van der Waals surface area (Å²) in [5.74, 6) is 0.995. The van der Waals surface area contributed by atoms with E-state index in [-0.39, 0.29) is 5.91 Å². The lowest BCUT2D eigenvalue weighted by Crippen LogP contribution is -2.12. The number of hydrogen-bond acceptors (Lipinski definition) is 4. The number of ether oxygens (including phenoxy) is 2. The van der Waals surface area contributed by atoms with Gasteiger partial charge in [-0.15, -0.1) is 0 Å². The van der Waals surface area contributed by atoms with Crippen LogP contribution in [-0.2, 0) is 0 Å². The van der Waals surface area contributed by atoms with E-state index in [2.05, 4.69) is 10.3 Å². The second-order valence-electron chi connectivity index (χ2n) is 5.32. The van der Waals surface area contributed by atoms with E-state index in [4.69, 9.17) is 9.47 Å². The molecule has 126 valence electrons. The summed E-state index contributed by atoms with van der Waals surface area (Å²) in [6.45, 7) is 0. The molecule has 5 heteroatoms. The Kier molecular flexibility index (Phi) is 4.95. The van der Waals surface area contributed by atoms with Crippen LogP contribution in [0.3, 0.4) is 0 Å². The van der Waals surface area contributed by atoms with Crippen molar-refractivity contribution >= 4 is 11.6 Å². The van der Waals surface area contributed by atoms with E-state index in [9.17, 15) is 4.79 Å². The lowest BCUT2D eigenvalue weighted by molar-refractivity contribution is 0.102. The quantitative estimate of drug-likeness (QED) is 0.765. The molecule has 3 rings (SSSR count). The van der Waals surface area contributed by atoms with Crippen LogP contribution in [0.15, 0.2) is 66.9 Å². The third-order valence-corrected chi connectivity index (χ3v) is 3.75. The molecule has 0 fully saturated rings. The van der Waals surface area contributed by atoms with Crippen molar-refractivity contribution in [1.82, 2.24) is 4.98 Å². The number of anilines is 1. The Labute approximate surface area is 146 Å². The van der Waals surface area contributed by atoms with Gasteiger partial charge in [-0.2, -0.15) is 0 Å². The number of methoxy groups -OCH3 is 2. The van der Waals surface area contributed by atoms with Crippen molar-refractivity contribution in [3.05, 3.63) is 72.4 Å². The van der Waals surface area contributed by atoms with E-state index in [1.165, 1.54) is 0 Å². The van der Waals surface area contributed by atoms with E-state index in [0.29, 0.717) is 22.9 Å². The number of nitrogens with zero attached hydrogens (tertiary/aromatic N) is 1. The summed E-state index contributed by atoms with van der Waals surface area (Å²) in [5.41, 5.74) is 2.99. The minimum atomic E-state index is -0.216. The van der Waals surface area contributed by atoms with E-state index in [0.717, 1.165) is 11.1 Å². The summed E-state index contributed by atoms with van der Waals surface area (Å²) in [6, 6.07) is 18.6. The van der Waals surface area contributed by atoms with Crippen molar-refractivity contribution in [2.24, 2.45) is 0 Å². The van der Waals surface area contributed by atoms with Gasteiger partial charge in [-0.25, -0.2) is 4.98 Å². The normalized spacial score (nSPS) is 10.2. The zero-order chi connectivity index (χ0) is 17.6. The molecule has 5 nitrogen and oxygen atoms in total. The van der Waals surface area contributed by atoms with E-state index in [1.54, 1.807) is 44.7 Å². The van der Waals surface area contributed by atoms with Crippen molar-refractivity contribution < 1.29 is 14.3 Å². The minimum absolute atomic E-state index is 0.216. The summed E-state index contributed by atoms with van der Waals surface area (Å²) in [7, 11) is 3.16. The van der Waals surface area contributed by atoms with Gasteiger partial charge in [0.15, 0.2) is 0 Å². The molecule has 0 radical (unpaired) electrons. The van der Waals surface area contributed by atoms with Gasteiger partial charge in [-0.3, -0.25) is 4.79 Å². The Balaban J connectivity index is 1.87. The second-order valence-corrected chi connectivity index (χ2v) is 5.32. The molecule has 1 N–H and O–H groups in total. The molecular formula is C20H18N2O3. The predicted octanol–water partition coefficient (Wildman–Crippen LogP) is 4.02. The van der Waals surface area contributed by atoms with Gasteiger partial charge in [-0.05, 0) is 29.8 Å². The van der Waals surface area contributed by atoms with Crippen LogP contribution in [0.5, 0.6) is 11.6 Å². The molecule has 0 bridgehead atoms. The predicted molar refractivity (Wildman–Crippen MR) is 97.2 cm³/mol. The Morgan fingerprint density at radius 2 is 1.76 bits per heavy atom. The van der Waals surface area contributed by atoms with Crippen LogP contribution in [0.25, 0.3) is 11.1 Å². The summed E-state index contributed by atoms with van der Waals surface area (Å²) in [6.07, 6.45) is 1.55. The van der Waals surface area contributed by atoms with E-state index in [1.807, 2.05) is 36.4 Å². The lowest BCUT2D eigenvalue weighted by atomic mass is 10.0. The molecule has 1 amide bonds. The van der Waals surface area contributed by atoms with Gasteiger partial charge in [0.05, 0.1) is 26.1 Å². The smallest absolute Gasteiger partial charge is 0.255 e. The average molecular weight is 334 g/mol. The van der Waals surface area contributed by atoms with Crippen molar-refractivity contribution in [3.63, 3.8) is 0 Å². The number of hydrogen-bond donors (Lipinski definition) is 1. The van der Waals surface area contributed by atoms with E-state index < -0.39 is 0 Å². The molecule has 0 aliphatic carbocycles. The van der Waals surface area contributed by atoms with Gasteiger partial charge in [0.25, 0.3) is 5.91 Å². The number of benzene rings is 2. The maximum Gasteiger partial charge on any atom is 0.255 e. The molecule has 0 spiro atoms. The van der Waals surface area contributed by atoms with Crippen molar-refractivity contribution in [2.45, 2.75) is 0 Å². The maximum atomic E-state index is 12.5. The minimum Gasteiger partial charge on any atom is -0.496 e. The lowest BCUT2D eigenvalue weighted by Gasteiger charge is -2.11. The Bertz CT molecular complexity index is 862. The van der Waals surface area contributed by atoms with Gasteiger partial charge in [0, 0.05) is 17.2 Å². The molecule has 25 heavy (non-hydrogen) atoms. The number of carbonyl (C=O) groups is 1. The summed E-state index contributed by atoms with van der Waals surface area (Å²) in [4.78, 5) is 16.6. The highest BCUT2D eigenvalue weighted by Crippen LogP contribution is 2.31. The van der Waals surface area contributed by atoms with Crippen LogP contribution in [0.4, 0.5) is 5.69 Å². The van der Waals surface area contributed by atoms with Gasteiger partial charge in [-0.1, -0.05) is 30.3 Å². The highest BCUT2D eigenvalue weighted by atomic mass is 16.5. The summed E-state index contributed by atoms with van der Waals surface area (Å²) >= 11 is 0. The molecule has 3 aromatic rings. The SMILES string of the molecule is COc1ccc(NC(=O)c2ccc(OC)c(-c3ccccc3)c2)cn1. The first kappa shape index (κ1) is 16.5. The maximum absolute atomic E-state index is 12.5. The average Bonchev–Trinajstić information content (AvgIpc) is 2.68. The first-order valence-electron chi connectivity index (χ1n) is 7.76. The monoisotopic (exact) mass is 334 g/mol. The zero-order valence-corrected chi connectivity index (χ0v) is 14.0. The number of amides is 1. The Hall–Kier alpha value is -3.34. The van der Waals surface area contributed by atoms with Crippen LogP contribution in [0.1, 0.15) is 10.4 Å². The largest absolute Gasteiger partial charge is 0.496 e. The van der Waals surface area contributed by atoms with Crippen molar-refractivity contribution in [1.29, 1.82) is 0 Å². The Morgan fingerprint density at radius 1 is 0.960 bits per heavy atom. The molecule has 1 heterocycles. The number of pyridine rings is 1. The molecule has 0 atom stereocenters. The number of aromatic nitrogens is 1. The van der Waals surface area contributed by atoms with Crippen LogP contribution in [0.2, 0.25) is 0 Å². The first-order valence-corrected chi connectivity index (χ1v) is 7.76. The first-order chi connectivity index (χ1) is 12.2. The standard InChI is InChI=1S/C20H18N2O3/c1-24-18-10-8-15(12-17(18)14-6-4-3-5-7-14)20(23)22-16-9-11-19(25-2)21-13-16/h3-13H,1-2H3,(H,22,23). The van der Waals surface area contributed by atoms with Gasteiger partial charge in [0.1, 0.15) is 5.75 Å². The molecule has 0 unspecified atom stereocenters. The molecular weight excluding hydrogens is 316 g/mol. The highest BCUT2D eigenvalue weighted by Gasteiger charge is 2.12. The van der Waals surface area contributed by atoms with Crippen LogP contribution >= 0.6 is 0 Å². The fourth-order valence-corrected chi connectivity index (χ4v) is 2.47. The van der Waals surface area contributed by atoms with Gasteiger partial charge in [0.2, 0.25) is 5.88 Å². The summed E-state index contributed by atoms with van der Waals surface area (Å²) < 4.78 is 10.4. The fourth-order valence-electron chi connectivity index (χ4n) is 2.47. The molecule has 2 aromatic carbocycles. The highest BCUT2D eigenvalue weighted by molar-refractivity contribution is 6.05. The number of nitrogens with one attached hydrogen (secondary N) is 1.